The van der Waals surface area contributed by atoms with Gasteiger partial charge in [0.2, 0.25) is 0 Å². The minimum Gasteiger partial charge on any atom is -0.355 e. The van der Waals surface area contributed by atoms with E-state index < -0.39 is 0 Å². The Kier molecular flexibility index (Phi) is 6.74. The molecule has 0 spiro atoms. The number of benzene rings is 4. The normalized spacial score (nSPS) is 14.5. The third-order valence-electron chi connectivity index (χ3n) is 8.32. The van der Waals surface area contributed by atoms with E-state index >= 15 is 0 Å². The Morgan fingerprint density at radius 1 is 0.447 bits per heavy atom. The molecule has 0 unspecified atom stereocenters. The molecule has 0 saturated heterocycles. The summed E-state index contributed by atoms with van der Waals surface area (Å²) in [5, 5.41) is 7.78. The summed E-state index contributed by atoms with van der Waals surface area (Å²) in [6.45, 7) is 8.74. The highest BCUT2D eigenvalue weighted by Gasteiger charge is 2.25. The molecule has 0 aromatic heterocycles. The Hall–Kier alpha value is -3.52. The predicted molar refractivity (Wildman–Crippen MR) is 164 cm³/mol. The van der Waals surface area contributed by atoms with Crippen LogP contribution in [0.1, 0.15) is 70.2 Å². The summed E-state index contributed by atoms with van der Waals surface area (Å²) < 4.78 is 0. The van der Waals surface area contributed by atoms with Crippen LogP contribution in [0.15, 0.2) is 60.7 Å². The number of fused-ring (bicyclic) bond motifs is 2. The highest BCUT2D eigenvalue weighted by Crippen LogP contribution is 2.46. The third kappa shape index (κ3) is 4.97. The van der Waals surface area contributed by atoms with Crippen molar-refractivity contribution in [1.82, 2.24) is 0 Å². The second-order valence-electron chi connectivity index (χ2n) is 11.7. The second-order valence-corrected chi connectivity index (χ2v) is 11.7. The lowest BCUT2D eigenvalue weighted by atomic mass is 9.79. The summed E-state index contributed by atoms with van der Waals surface area (Å²) in [6.07, 6.45) is 9.78. The molecule has 2 heteroatoms. The number of rotatable bonds is 5. The van der Waals surface area contributed by atoms with Crippen LogP contribution in [0.2, 0.25) is 0 Å². The van der Waals surface area contributed by atoms with Gasteiger partial charge in [0.05, 0.1) is 0 Å². The lowest BCUT2D eigenvalue weighted by Crippen LogP contribution is -2.12. The zero-order valence-corrected chi connectivity index (χ0v) is 23.4. The van der Waals surface area contributed by atoms with Gasteiger partial charge >= 0.3 is 0 Å². The number of hydrogen-bond donors (Lipinski definition) is 2. The Labute approximate surface area is 228 Å². The van der Waals surface area contributed by atoms with Gasteiger partial charge in [-0.3, -0.25) is 0 Å². The van der Waals surface area contributed by atoms with E-state index in [9.17, 15) is 0 Å². The van der Waals surface area contributed by atoms with Crippen molar-refractivity contribution in [2.45, 2.75) is 79.1 Å². The summed E-state index contributed by atoms with van der Waals surface area (Å²) in [5.74, 6) is 0. The van der Waals surface area contributed by atoms with Gasteiger partial charge in [-0.1, -0.05) is 24.3 Å². The number of hydrogen-bond acceptors (Lipinski definition) is 2. The van der Waals surface area contributed by atoms with Crippen molar-refractivity contribution in [1.29, 1.82) is 0 Å². The molecule has 0 heterocycles. The van der Waals surface area contributed by atoms with Crippen LogP contribution in [0.4, 0.5) is 22.7 Å². The summed E-state index contributed by atoms with van der Waals surface area (Å²) in [7, 11) is 0. The lowest BCUT2D eigenvalue weighted by Gasteiger charge is -2.29. The third-order valence-corrected chi connectivity index (χ3v) is 8.32. The van der Waals surface area contributed by atoms with Crippen molar-refractivity contribution in [2.75, 3.05) is 10.6 Å². The first-order valence-corrected chi connectivity index (χ1v) is 14.4. The van der Waals surface area contributed by atoms with E-state index in [1.54, 1.807) is 11.1 Å². The largest absolute Gasteiger partial charge is 0.355 e. The van der Waals surface area contributed by atoms with Crippen molar-refractivity contribution in [3.05, 3.63) is 105 Å². The zero-order chi connectivity index (χ0) is 26.2. The molecule has 38 heavy (non-hydrogen) atoms. The fourth-order valence-corrected chi connectivity index (χ4v) is 6.84. The fourth-order valence-electron chi connectivity index (χ4n) is 6.84. The van der Waals surface area contributed by atoms with Crippen LogP contribution in [0.5, 0.6) is 0 Å². The molecule has 4 aromatic rings. The quantitative estimate of drug-likeness (QED) is 0.285. The SMILES string of the molecule is Cc1cc(C)cc(Nc2ccc3c(c2-c2c(Nc4cc(C)cc(C)c4)ccc4c2CCCC4)CCCC3)c1. The molecule has 6 rings (SSSR count). The molecule has 0 fully saturated rings. The van der Waals surface area contributed by atoms with Crippen LogP contribution in [-0.2, 0) is 25.7 Å². The van der Waals surface area contributed by atoms with E-state index in [1.807, 2.05) is 0 Å². The van der Waals surface area contributed by atoms with Crippen LogP contribution < -0.4 is 10.6 Å². The maximum atomic E-state index is 3.89. The minimum absolute atomic E-state index is 1.15. The van der Waals surface area contributed by atoms with Crippen LogP contribution in [0, 0.1) is 27.7 Å². The van der Waals surface area contributed by atoms with Crippen molar-refractivity contribution in [2.24, 2.45) is 0 Å². The molecular weight excluding hydrogens is 460 g/mol. The Bertz CT molecular complexity index is 1360. The standard InChI is InChI=1S/C36H40N2/c1-23-17-24(2)20-29(19-23)37-33-15-13-27-9-5-7-11-31(27)35(33)36-32-12-8-6-10-28(32)14-16-34(36)38-30-21-25(3)18-26(4)22-30/h13-22,37-38H,5-12H2,1-4H3. The van der Waals surface area contributed by atoms with Crippen molar-refractivity contribution in [3.63, 3.8) is 0 Å². The summed E-state index contributed by atoms with van der Waals surface area (Å²) in [6, 6.07) is 23.0. The minimum atomic E-state index is 1.15. The van der Waals surface area contributed by atoms with E-state index in [0.29, 0.717) is 0 Å². The zero-order valence-electron chi connectivity index (χ0n) is 23.4. The van der Waals surface area contributed by atoms with Gasteiger partial charge < -0.3 is 10.6 Å². The molecule has 194 valence electrons. The Morgan fingerprint density at radius 2 is 0.816 bits per heavy atom. The second kappa shape index (κ2) is 10.3. The molecule has 2 aliphatic rings. The van der Waals surface area contributed by atoms with E-state index in [1.165, 1.54) is 106 Å². The first-order chi connectivity index (χ1) is 18.4. The molecular formula is C36H40N2. The average molecular weight is 501 g/mol. The van der Waals surface area contributed by atoms with E-state index in [2.05, 4.69) is 99.0 Å². The van der Waals surface area contributed by atoms with Crippen molar-refractivity contribution in [3.8, 4) is 11.1 Å². The van der Waals surface area contributed by atoms with Gasteiger partial charge in [0.1, 0.15) is 0 Å². The predicted octanol–water partition coefficient (Wildman–Crippen LogP) is 9.83. The molecule has 0 aliphatic heterocycles. The smallest absolute Gasteiger partial charge is 0.0467 e. The van der Waals surface area contributed by atoms with E-state index in [0.717, 1.165) is 12.8 Å². The van der Waals surface area contributed by atoms with Crippen molar-refractivity contribution < 1.29 is 0 Å². The first-order valence-electron chi connectivity index (χ1n) is 14.4. The van der Waals surface area contributed by atoms with E-state index in [4.69, 9.17) is 0 Å². The van der Waals surface area contributed by atoms with Gasteiger partial charge in [0.15, 0.2) is 0 Å². The molecule has 0 radical (unpaired) electrons. The van der Waals surface area contributed by atoms with Crippen LogP contribution >= 0.6 is 0 Å². The molecule has 0 amide bonds. The maximum absolute atomic E-state index is 3.89. The summed E-state index contributed by atoms with van der Waals surface area (Å²) >= 11 is 0. The number of nitrogens with one attached hydrogen (secondary N) is 2. The van der Waals surface area contributed by atoms with Crippen LogP contribution in [-0.4, -0.2) is 0 Å². The molecule has 2 aliphatic carbocycles. The maximum Gasteiger partial charge on any atom is 0.0467 e. The van der Waals surface area contributed by atoms with Gasteiger partial charge in [0, 0.05) is 33.9 Å². The number of aryl methyl sites for hydroxylation is 6. The lowest BCUT2D eigenvalue weighted by molar-refractivity contribution is 0.682. The molecule has 2 nitrogen and oxygen atoms in total. The molecule has 4 aromatic carbocycles. The van der Waals surface area contributed by atoms with Gasteiger partial charge in [-0.15, -0.1) is 0 Å². The molecule has 0 bridgehead atoms. The van der Waals surface area contributed by atoms with Gasteiger partial charge in [-0.25, -0.2) is 0 Å². The number of anilines is 4. The van der Waals surface area contributed by atoms with E-state index in [-0.39, 0.29) is 0 Å². The fraction of sp³-hybridized carbons (Fsp3) is 0.333. The topological polar surface area (TPSA) is 24.1 Å². The summed E-state index contributed by atoms with van der Waals surface area (Å²) in [5.41, 5.74) is 19.0. The highest BCUT2D eigenvalue weighted by atomic mass is 14.9. The van der Waals surface area contributed by atoms with Crippen LogP contribution in [0.25, 0.3) is 11.1 Å². The highest BCUT2D eigenvalue weighted by molar-refractivity contribution is 5.94. The monoisotopic (exact) mass is 500 g/mol. The summed E-state index contributed by atoms with van der Waals surface area (Å²) in [4.78, 5) is 0. The molecule has 0 saturated carbocycles. The van der Waals surface area contributed by atoms with Gasteiger partial charge in [-0.2, -0.15) is 0 Å². The Morgan fingerprint density at radius 3 is 1.21 bits per heavy atom. The molecule has 2 N–H and O–H groups in total. The first kappa shape index (κ1) is 24.8. The molecule has 0 atom stereocenters. The van der Waals surface area contributed by atoms with Crippen LogP contribution in [0.3, 0.4) is 0 Å². The van der Waals surface area contributed by atoms with Crippen molar-refractivity contribution >= 4 is 22.7 Å². The van der Waals surface area contributed by atoms with Gasteiger partial charge in [-0.05, 0) is 160 Å². The van der Waals surface area contributed by atoms with Gasteiger partial charge in [0.25, 0.3) is 0 Å². The Balaban J connectivity index is 1.57. The average Bonchev–Trinajstić information content (AvgIpc) is 2.88.